The molecule has 12 heteroatoms. The molecule has 0 fully saturated rings. The SMILES string of the molecule is O=[N+]([O-])c1ccc(OCC(O)CN(CC(O)COc2ccc([N+](=O)[O-])cc2)c2ccc3c(c2)Nc2ccccc2CC3)cc1. The van der Waals surface area contributed by atoms with E-state index in [4.69, 9.17) is 9.47 Å². The van der Waals surface area contributed by atoms with E-state index in [0.29, 0.717) is 11.5 Å². The highest BCUT2D eigenvalue weighted by Gasteiger charge is 2.21. The molecule has 2 unspecified atom stereocenters. The molecule has 0 bridgehead atoms. The van der Waals surface area contributed by atoms with E-state index in [2.05, 4.69) is 11.4 Å². The second kappa shape index (κ2) is 13.8. The van der Waals surface area contributed by atoms with Crippen molar-refractivity contribution >= 4 is 28.4 Å². The maximum absolute atomic E-state index is 10.9. The molecule has 3 N–H and O–H groups in total. The fourth-order valence-corrected chi connectivity index (χ4v) is 4.98. The molecule has 0 amide bonds. The van der Waals surface area contributed by atoms with E-state index < -0.39 is 22.1 Å². The number of nitrogens with one attached hydrogen (secondary N) is 1. The Kier molecular flexibility index (Phi) is 9.52. The Morgan fingerprint density at radius 1 is 0.705 bits per heavy atom. The number of anilines is 3. The Labute approximate surface area is 253 Å². The number of nitro groups is 2. The van der Waals surface area contributed by atoms with Gasteiger partial charge in [-0.2, -0.15) is 0 Å². The number of aliphatic hydroxyl groups is 2. The minimum absolute atomic E-state index is 0.0616. The van der Waals surface area contributed by atoms with Crippen LogP contribution in [0.4, 0.5) is 28.4 Å². The maximum Gasteiger partial charge on any atom is 0.269 e. The van der Waals surface area contributed by atoms with E-state index in [-0.39, 0.29) is 37.7 Å². The summed E-state index contributed by atoms with van der Waals surface area (Å²) in [5.41, 5.74) is 4.98. The molecule has 44 heavy (non-hydrogen) atoms. The van der Waals surface area contributed by atoms with Crippen molar-refractivity contribution in [2.24, 2.45) is 0 Å². The van der Waals surface area contributed by atoms with Crippen LogP contribution in [0.15, 0.2) is 91.0 Å². The lowest BCUT2D eigenvalue weighted by molar-refractivity contribution is -0.385. The van der Waals surface area contributed by atoms with Crippen LogP contribution in [0, 0.1) is 20.2 Å². The van der Waals surface area contributed by atoms with Crippen LogP contribution in [0.25, 0.3) is 0 Å². The number of rotatable bonds is 13. The van der Waals surface area contributed by atoms with E-state index in [1.807, 2.05) is 41.3 Å². The van der Waals surface area contributed by atoms with Gasteiger partial charge in [-0.3, -0.25) is 20.2 Å². The van der Waals surface area contributed by atoms with Gasteiger partial charge >= 0.3 is 0 Å². The van der Waals surface area contributed by atoms with Gasteiger partial charge in [-0.25, -0.2) is 0 Å². The number of hydrogen-bond acceptors (Lipinski definition) is 10. The first kappa shape index (κ1) is 30.3. The highest BCUT2D eigenvalue weighted by molar-refractivity contribution is 5.72. The van der Waals surface area contributed by atoms with Gasteiger partial charge in [0, 0.05) is 54.4 Å². The van der Waals surface area contributed by atoms with Crippen molar-refractivity contribution < 1.29 is 29.5 Å². The Hall–Kier alpha value is -5.20. The van der Waals surface area contributed by atoms with Gasteiger partial charge in [-0.1, -0.05) is 24.3 Å². The molecule has 12 nitrogen and oxygen atoms in total. The van der Waals surface area contributed by atoms with Gasteiger partial charge < -0.3 is 29.9 Å². The Balaban J connectivity index is 1.29. The number of ether oxygens (including phenoxy) is 2. The Morgan fingerprint density at radius 2 is 1.20 bits per heavy atom. The molecule has 4 aromatic carbocycles. The highest BCUT2D eigenvalue weighted by atomic mass is 16.6. The third-order valence-electron chi connectivity index (χ3n) is 7.25. The molecule has 1 aliphatic rings. The smallest absolute Gasteiger partial charge is 0.269 e. The monoisotopic (exact) mass is 600 g/mol. The van der Waals surface area contributed by atoms with Gasteiger partial charge in [0.25, 0.3) is 11.4 Å². The maximum atomic E-state index is 10.9. The molecule has 0 saturated heterocycles. The lowest BCUT2D eigenvalue weighted by Gasteiger charge is -2.30. The summed E-state index contributed by atoms with van der Waals surface area (Å²) in [4.78, 5) is 22.7. The number of nitrogens with zero attached hydrogens (tertiary/aromatic N) is 3. The van der Waals surface area contributed by atoms with Gasteiger partial charge in [0.15, 0.2) is 0 Å². The summed E-state index contributed by atoms with van der Waals surface area (Å²) in [5, 5.41) is 47.2. The number of non-ortho nitro benzene ring substituents is 2. The summed E-state index contributed by atoms with van der Waals surface area (Å²) in [7, 11) is 0. The van der Waals surface area contributed by atoms with Crippen molar-refractivity contribution in [3.05, 3.63) is 122 Å². The summed E-state index contributed by atoms with van der Waals surface area (Å²) in [6, 6.07) is 25.3. The molecular formula is C32H32N4O8. The molecule has 0 aliphatic carbocycles. The zero-order valence-electron chi connectivity index (χ0n) is 23.7. The van der Waals surface area contributed by atoms with E-state index in [9.17, 15) is 30.4 Å². The molecule has 1 heterocycles. The lowest BCUT2D eigenvalue weighted by atomic mass is 10.0. The molecule has 228 valence electrons. The largest absolute Gasteiger partial charge is 0.491 e. The molecule has 0 aromatic heterocycles. The van der Waals surface area contributed by atoms with Crippen molar-refractivity contribution in [3.63, 3.8) is 0 Å². The van der Waals surface area contributed by atoms with Gasteiger partial charge in [-0.15, -0.1) is 0 Å². The number of fused-ring (bicyclic) bond motifs is 2. The molecule has 2 atom stereocenters. The van der Waals surface area contributed by atoms with Crippen LogP contribution in [0.5, 0.6) is 11.5 Å². The fourth-order valence-electron chi connectivity index (χ4n) is 4.98. The summed E-state index contributed by atoms with van der Waals surface area (Å²) in [6.07, 6.45) is -0.186. The summed E-state index contributed by atoms with van der Waals surface area (Å²) < 4.78 is 11.4. The average molecular weight is 601 g/mol. The zero-order valence-corrected chi connectivity index (χ0v) is 23.7. The zero-order chi connectivity index (χ0) is 31.1. The molecule has 0 radical (unpaired) electrons. The standard InChI is InChI=1S/C32H32N4O8/c37-27(20-43-29-13-9-24(10-14-29)35(39)40)18-34(19-28(38)21-44-30-15-11-25(12-16-30)36(41)42)26-8-7-23-6-5-22-3-1-2-4-31(22)33-32(23)17-26/h1-4,7-17,27-28,33,37-38H,5-6,18-21H2. The average Bonchev–Trinajstić information content (AvgIpc) is 3.22. The second-order valence-electron chi connectivity index (χ2n) is 10.5. The molecule has 0 saturated carbocycles. The van der Waals surface area contributed by atoms with Crippen molar-refractivity contribution in [1.29, 1.82) is 0 Å². The lowest BCUT2D eigenvalue weighted by Crippen LogP contribution is -2.41. The number of nitro benzene ring substituents is 2. The first-order chi connectivity index (χ1) is 21.2. The molecular weight excluding hydrogens is 568 g/mol. The summed E-state index contributed by atoms with van der Waals surface area (Å²) in [5.74, 6) is 0.760. The topological polar surface area (TPSA) is 160 Å². The molecule has 1 aliphatic heterocycles. The molecule has 5 rings (SSSR count). The first-order valence-electron chi connectivity index (χ1n) is 14.1. The Bertz CT molecular complexity index is 1530. The van der Waals surface area contributed by atoms with Crippen LogP contribution in [0.3, 0.4) is 0 Å². The third kappa shape index (κ3) is 7.79. The fraction of sp³-hybridized carbons (Fsp3) is 0.250. The van der Waals surface area contributed by atoms with Crippen LogP contribution in [0.1, 0.15) is 11.1 Å². The minimum Gasteiger partial charge on any atom is -0.491 e. The first-order valence-corrected chi connectivity index (χ1v) is 14.1. The van der Waals surface area contributed by atoms with E-state index in [1.165, 1.54) is 54.1 Å². The number of benzene rings is 4. The molecule has 4 aromatic rings. The van der Waals surface area contributed by atoms with E-state index in [0.717, 1.165) is 35.5 Å². The van der Waals surface area contributed by atoms with Crippen LogP contribution < -0.4 is 19.7 Å². The summed E-state index contributed by atoms with van der Waals surface area (Å²) in [6.45, 7) is 0.0500. The van der Waals surface area contributed by atoms with Crippen molar-refractivity contribution in [1.82, 2.24) is 0 Å². The van der Waals surface area contributed by atoms with Gasteiger partial charge in [0.05, 0.1) is 9.85 Å². The van der Waals surface area contributed by atoms with E-state index in [1.54, 1.807) is 0 Å². The van der Waals surface area contributed by atoms with Crippen LogP contribution in [0.2, 0.25) is 0 Å². The predicted octanol–water partition coefficient (Wildman–Crippen LogP) is 5.03. The van der Waals surface area contributed by atoms with Crippen molar-refractivity contribution in [2.45, 2.75) is 25.0 Å². The number of para-hydroxylation sites is 1. The number of hydrogen-bond donors (Lipinski definition) is 3. The Morgan fingerprint density at radius 3 is 1.73 bits per heavy atom. The van der Waals surface area contributed by atoms with Crippen molar-refractivity contribution in [3.8, 4) is 11.5 Å². The highest BCUT2D eigenvalue weighted by Crippen LogP contribution is 2.33. The molecule has 0 spiro atoms. The van der Waals surface area contributed by atoms with Gasteiger partial charge in [-0.05, 0) is 66.4 Å². The quantitative estimate of drug-likeness (QED) is 0.140. The predicted molar refractivity (Wildman–Crippen MR) is 165 cm³/mol. The van der Waals surface area contributed by atoms with Crippen LogP contribution >= 0.6 is 0 Å². The number of aliphatic hydroxyl groups excluding tert-OH is 2. The normalized spacial score (nSPS) is 13.3. The third-order valence-corrected chi connectivity index (χ3v) is 7.25. The number of aryl methyl sites for hydroxylation is 2. The van der Waals surface area contributed by atoms with Gasteiger partial charge in [0.2, 0.25) is 0 Å². The van der Waals surface area contributed by atoms with E-state index >= 15 is 0 Å². The second-order valence-corrected chi connectivity index (χ2v) is 10.5. The van der Waals surface area contributed by atoms with Crippen LogP contribution in [-0.2, 0) is 12.8 Å². The van der Waals surface area contributed by atoms with Crippen molar-refractivity contribution in [2.75, 3.05) is 36.5 Å². The minimum atomic E-state index is -0.972. The van der Waals surface area contributed by atoms with Crippen LogP contribution in [-0.4, -0.2) is 58.6 Å². The van der Waals surface area contributed by atoms with Gasteiger partial charge in [0.1, 0.15) is 36.9 Å². The summed E-state index contributed by atoms with van der Waals surface area (Å²) >= 11 is 0.